The first kappa shape index (κ1) is 15.0. The Kier molecular flexibility index (Phi) is 3.62. The quantitative estimate of drug-likeness (QED) is 0.845. The molecule has 8 heteroatoms. The SMILES string of the molecule is FC(F)(F)Oc1cccc([C@]2(C(F)(F)F)CCNC2)c1. The summed E-state index contributed by atoms with van der Waals surface area (Å²) >= 11 is 0. The van der Waals surface area contributed by atoms with Gasteiger partial charge in [-0.05, 0) is 30.7 Å². The van der Waals surface area contributed by atoms with Crippen molar-refractivity contribution >= 4 is 0 Å². The highest BCUT2D eigenvalue weighted by Crippen LogP contribution is 2.46. The molecule has 1 aliphatic rings. The zero-order chi connectivity index (χ0) is 15.0. The van der Waals surface area contributed by atoms with Gasteiger partial charge in [0.05, 0.1) is 0 Å². The Hall–Kier alpha value is -1.44. The van der Waals surface area contributed by atoms with Crippen LogP contribution in [0.1, 0.15) is 12.0 Å². The van der Waals surface area contributed by atoms with Crippen LogP contribution >= 0.6 is 0 Å². The molecule has 1 aromatic carbocycles. The Balaban J connectivity index is 2.38. The molecule has 1 atom stereocenters. The molecule has 1 aliphatic heterocycles. The summed E-state index contributed by atoms with van der Waals surface area (Å²) in [5.74, 6) is -0.648. The molecule has 1 N–H and O–H groups in total. The number of nitrogens with one attached hydrogen (secondary N) is 1. The van der Waals surface area contributed by atoms with E-state index in [1.807, 2.05) is 0 Å². The summed E-state index contributed by atoms with van der Waals surface area (Å²) in [6.45, 7) is -0.199. The minimum atomic E-state index is -4.93. The summed E-state index contributed by atoms with van der Waals surface area (Å²) in [5.41, 5.74) is -2.39. The molecule has 0 bridgehead atoms. The Labute approximate surface area is 110 Å². The molecule has 1 fully saturated rings. The molecule has 0 aliphatic carbocycles. The van der Waals surface area contributed by atoms with Crippen molar-refractivity contribution in [1.82, 2.24) is 5.32 Å². The largest absolute Gasteiger partial charge is 0.573 e. The van der Waals surface area contributed by atoms with Gasteiger partial charge in [0.1, 0.15) is 11.2 Å². The second kappa shape index (κ2) is 4.83. The van der Waals surface area contributed by atoms with E-state index in [-0.39, 0.29) is 25.1 Å². The number of rotatable bonds is 2. The monoisotopic (exact) mass is 299 g/mol. The first-order chi connectivity index (χ1) is 9.14. The number of alkyl halides is 6. The Morgan fingerprint density at radius 1 is 1.10 bits per heavy atom. The van der Waals surface area contributed by atoms with Crippen LogP contribution in [0, 0.1) is 0 Å². The number of benzene rings is 1. The van der Waals surface area contributed by atoms with Gasteiger partial charge in [0, 0.05) is 6.54 Å². The van der Waals surface area contributed by atoms with Crippen molar-refractivity contribution in [2.24, 2.45) is 0 Å². The van der Waals surface area contributed by atoms with E-state index >= 15 is 0 Å². The fourth-order valence-corrected chi connectivity index (χ4v) is 2.33. The lowest BCUT2D eigenvalue weighted by Crippen LogP contribution is -2.44. The lowest BCUT2D eigenvalue weighted by Gasteiger charge is -2.31. The van der Waals surface area contributed by atoms with E-state index in [4.69, 9.17) is 0 Å². The molecule has 2 nitrogen and oxygen atoms in total. The van der Waals surface area contributed by atoms with Crippen LogP contribution in [0.5, 0.6) is 5.75 Å². The molecule has 20 heavy (non-hydrogen) atoms. The maximum atomic E-state index is 13.3. The second-order valence-corrected chi connectivity index (χ2v) is 4.58. The third-order valence-electron chi connectivity index (χ3n) is 3.32. The average Bonchev–Trinajstić information content (AvgIpc) is 2.76. The number of hydrogen-bond donors (Lipinski definition) is 1. The van der Waals surface area contributed by atoms with E-state index < -0.39 is 23.7 Å². The smallest absolute Gasteiger partial charge is 0.406 e. The molecule has 0 aromatic heterocycles. The van der Waals surface area contributed by atoms with Gasteiger partial charge < -0.3 is 10.1 Å². The molecular weight excluding hydrogens is 288 g/mol. The summed E-state index contributed by atoms with van der Waals surface area (Å²) in [6.07, 6.45) is -9.70. The fourth-order valence-electron chi connectivity index (χ4n) is 2.33. The lowest BCUT2D eigenvalue weighted by molar-refractivity contribution is -0.274. The topological polar surface area (TPSA) is 21.3 Å². The molecule has 0 spiro atoms. The van der Waals surface area contributed by atoms with Crippen molar-refractivity contribution in [1.29, 1.82) is 0 Å². The van der Waals surface area contributed by atoms with E-state index in [1.165, 1.54) is 6.07 Å². The van der Waals surface area contributed by atoms with Gasteiger partial charge in [0.15, 0.2) is 0 Å². The second-order valence-electron chi connectivity index (χ2n) is 4.58. The lowest BCUT2D eigenvalue weighted by atomic mass is 9.79. The van der Waals surface area contributed by atoms with Crippen LogP contribution < -0.4 is 10.1 Å². The zero-order valence-corrected chi connectivity index (χ0v) is 10.1. The van der Waals surface area contributed by atoms with Gasteiger partial charge in [-0.2, -0.15) is 13.2 Å². The summed E-state index contributed by atoms with van der Waals surface area (Å²) in [5, 5.41) is 2.60. The first-order valence-corrected chi connectivity index (χ1v) is 5.78. The summed E-state index contributed by atoms with van der Waals surface area (Å²) in [7, 11) is 0. The van der Waals surface area contributed by atoms with E-state index in [0.29, 0.717) is 0 Å². The Morgan fingerprint density at radius 2 is 1.80 bits per heavy atom. The zero-order valence-electron chi connectivity index (χ0n) is 10.1. The van der Waals surface area contributed by atoms with Gasteiger partial charge in [-0.1, -0.05) is 12.1 Å². The van der Waals surface area contributed by atoms with Crippen LogP contribution in [-0.2, 0) is 5.41 Å². The molecule has 0 unspecified atom stereocenters. The number of hydrogen-bond acceptors (Lipinski definition) is 2. The van der Waals surface area contributed by atoms with Gasteiger partial charge in [-0.15, -0.1) is 13.2 Å². The number of ether oxygens (including phenoxy) is 1. The molecule has 2 rings (SSSR count). The highest BCUT2D eigenvalue weighted by Gasteiger charge is 2.57. The average molecular weight is 299 g/mol. The van der Waals surface area contributed by atoms with Gasteiger partial charge in [0.25, 0.3) is 0 Å². The predicted molar refractivity (Wildman–Crippen MR) is 58.3 cm³/mol. The van der Waals surface area contributed by atoms with E-state index in [1.54, 1.807) is 0 Å². The molecule has 1 heterocycles. The van der Waals surface area contributed by atoms with Crippen molar-refractivity contribution in [3.8, 4) is 5.75 Å². The fraction of sp³-hybridized carbons (Fsp3) is 0.500. The van der Waals surface area contributed by atoms with Gasteiger partial charge in [0.2, 0.25) is 0 Å². The summed E-state index contributed by atoms with van der Waals surface area (Å²) in [6, 6.07) is 4.07. The van der Waals surface area contributed by atoms with Gasteiger partial charge >= 0.3 is 12.5 Å². The number of halogens is 6. The highest BCUT2D eigenvalue weighted by atomic mass is 19.4. The molecule has 0 saturated carbocycles. The maximum absolute atomic E-state index is 13.3. The molecular formula is C12H11F6NO. The van der Waals surface area contributed by atoms with E-state index in [2.05, 4.69) is 10.1 Å². The maximum Gasteiger partial charge on any atom is 0.573 e. The summed E-state index contributed by atoms with van der Waals surface area (Å²) < 4.78 is 79.8. The third-order valence-corrected chi connectivity index (χ3v) is 3.32. The molecule has 112 valence electrons. The summed E-state index contributed by atoms with van der Waals surface area (Å²) in [4.78, 5) is 0. The molecule has 1 aromatic rings. The minimum absolute atomic E-state index is 0.157. The van der Waals surface area contributed by atoms with Crippen molar-refractivity contribution in [3.05, 3.63) is 29.8 Å². The molecule has 0 radical (unpaired) electrons. The van der Waals surface area contributed by atoms with E-state index in [0.717, 1.165) is 18.2 Å². The van der Waals surface area contributed by atoms with Crippen LogP contribution in [0.15, 0.2) is 24.3 Å². The standard InChI is InChI=1S/C12H11F6NO/c13-11(14,15)10(4-5-19-7-10)8-2-1-3-9(6-8)20-12(16,17)18/h1-3,6,19H,4-5,7H2/t10-/m0/s1. The van der Waals surface area contributed by atoms with Crippen molar-refractivity contribution < 1.29 is 31.1 Å². The van der Waals surface area contributed by atoms with Gasteiger partial charge in [-0.3, -0.25) is 0 Å². The van der Waals surface area contributed by atoms with Crippen molar-refractivity contribution in [2.75, 3.05) is 13.1 Å². The Morgan fingerprint density at radius 3 is 2.30 bits per heavy atom. The van der Waals surface area contributed by atoms with Crippen molar-refractivity contribution in [3.63, 3.8) is 0 Å². The van der Waals surface area contributed by atoms with Gasteiger partial charge in [-0.25, -0.2) is 0 Å². The predicted octanol–water partition coefficient (Wildman–Crippen LogP) is 3.38. The van der Waals surface area contributed by atoms with Crippen LogP contribution in [0.25, 0.3) is 0 Å². The van der Waals surface area contributed by atoms with Crippen LogP contribution in [0.3, 0.4) is 0 Å². The van der Waals surface area contributed by atoms with E-state index in [9.17, 15) is 26.3 Å². The highest BCUT2D eigenvalue weighted by molar-refractivity contribution is 5.36. The first-order valence-electron chi connectivity index (χ1n) is 5.78. The van der Waals surface area contributed by atoms with Crippen LogP contribution in [0.2, 0.25) is 0 Å². The van der Waals surface area contributed by atoms with Crippen LogP contribution in [0.4, 0.5) is 26.3 Å². The van der Waals surface area contributed by atoms with Crippen LogP contribution in [-0.4, -0.2) is 25.6 Å². The normalized spacial score (nSPS) is 23.9. The molecule has 0 amide bonds. The third kappa shape index (κ3) is 2.84. The van der Waals surface area contributed by atoms with Crippen molar-refractivity contribution in [2.45, 2.75) is 24.4 Å². The molecule has 1 saturated heterocycles. The Bertz CT molecular complexity index is 476. The minimum Gasteiger partial charge on any atom is -0.406 e.